The second-order valence-electron chi connectivity index (χ2n) is 7.87. The van der Waals surface area contributed by atoms with E-state index in [0.29, 0.717) is 26.2 Å². The Morgan fingerprint density at radius 3 is 2.44 bits per heavy atom. The third-order valence-corrected chi connectivity index (χ3v) is 5.88. The molecule has 0 spiro atoms. The standard InChI is InChI=1S/C23H26N6O3/c24-23(30)32-29-10-8-28(9-11-29)22-19-2-1-7-25-21(19)16-20(26-22)17-3-5-18(6-4-17)27-12-14-31-15-13-27/h1-7,16H,8-15H2,(H2,24,30). The summed E-state index contributed by atoms with van der Waals surface area (Å²) in [7, 11) is 0. The smallest absolute Gasteiger partial charge is 0.378 e. The SMILES string of the molecule is NC(=O)ON1CCN(c2nc(-c3ccc(N4CCOCC4)cc3)cc3ncccc23)CC1. The molecule has 2 N–H and O–H groups in total. The molecule has 3 aromatic rings. The highest BCUT2D eigenvalue weighted by molar-refractivity contribution is 5.92. The summed E-state index contributed by atoms with van der Waals surface area (Å²) in [5, 5.41) is 2.60. The van der Waals surface area contributed by atoms with E-state index in [1.165, 1.54) is 5.69 Å². The first-order chi connectivity index (χ1) is 15.7. The minimum atomic E-state index is -0.784. The number of hydrogen-bond acceptors (Lipinski definition) is 8. The van der Waals surface area contributed by atoms with Gasteiger partial charge >= 0.3 is 6.09 Å². The number of rotatable bonds is 4. The molecule has 2 aliphatic rings. The topological polar surface area (TPSA) is 97.1 Å². The van der Waals surface area contributed by atoms with E-state index in [4.69, 9.17) is 20.3 Å². The number of aromatic nitrogens is 2. The summed E-state index contributed by atoms with van der Waals surface area (Å²) in [5.74, 6) is 0.890. The van der Waals surface area contributed by atoms with Crippen LogP contribution in [0.1, 0.15) is 0 Å². The van der Waals surface area contributed by atoms with Crippen LogP contribution in [0.4, 0.5) is 16.3 Å². The predicted octanol–water partition coefficient (Wildman–Crippen LogP) is 2.27. The van der Waals surface area contributed by atoms with Gasteiger partial charge in [0.25, 0.3) is 0 Å². The molecule has 9 nitrogen and oxygen atoms in total. The number of benzene rings is 1. The molecule has 1 aromatic carbocycles. The number of carbonyl (C=O) groups excluding carboxylic acids is 1. The molecule has 2 saturated heterocycles. The Morgan fingerprint density at radius 2 is 1.72 bits per heavy atom. The van der Waals surface area contributed by atoms with E-state index >= 15 is 0 Å². The molecular formula is C23H26N6O3. The molecule has 9 heteroatoms. The maximum absolute atomic E-state index is 11.0. The number of ether oxygens (including phenoxy) is 1. The average molecular weight is 435 g/mol. The lowest BCUT2D eigenvalue weighted by Crippen LogP contribution is -2.48. The summed E-state index contributed by atoms with van der Waals surface area (Å²) in [5.41, 5.74) is 9.17. The van der Waals surface area contributed by atoms with Gasteiger partial charge in [0.15, 0.2) is 0 Å². The maximum Gasteiger partial charge on any atom is 0.423 e. The van der Waals surface area contributed by atoms with Crippen molar-refractivity contribution in [3.63, 3.8) is 0 Å². The number of carbonyl (C=O) groups is 1. The monoisotopic (exact) mass is 434 g/mol. The Labute approximate surface area is 186 Å². The van der Waals surface area contributed by atoms with E-state index in [-0.39, 0.29) is 0 Å². The molecule has 0 bridgehead atoms. The predicted molar refractivity (Wildman–Crippen MR) is 122 cm³/mol. The summed E-state index contributed by atoms with van der Waals surface area (Å²) >= 11 is 0. The molecule has 2 fully saturated rings. The number of hydrogen-bond donors (Lipinski definition) is 1. The van der Waals surface area contributed by atoms with Crippen LogP contribution >= 0.6 is 0 Å². The molecule has 1 amide bonds. The van der Waals surface area contributed by atoms with Crippen LogP contribution in [-0.2, 0) is 9.57 Å². The van der Waals surface area contributed by atoms with Crippen molar-refractivity contribution in [3.05, 3.63) is 48.7 Å². The summed E-state index contributed by atoms with van der Waals surface area (Å²) in [6.45, 7) is 5.81. The van der Waals surface area contributed by atoms with Crippen molar-refractivity contribution in [1.29, 1.82) is 0 Å². The Morgan fingerprint density at radius 1 is 0.969 bits per heavy atom. The van der Waals surface area contributed by atoms with Crippen LogP contribution in [0.5, 0.6) is 0 Å². The van der Waals surface area contributed by atoms with Crippen LogP contribution in [0.15, 0.2) is 48.7 Å². The number of piperazine rings is 1. The number of primary amides is 1. The highest BCUT2D eigenvalue weighted by Gasteiger charge is 2.23. The summed E-state index contributed by atoms with van der Waals surface area (Å²) < 4.78 is 5.45. The molecule has 0 atom stereocenters. The Bertz CT molecular complexity index is 1090. The van der Waals surface area contributed by atoms with Gasteiger partial charge in [0.05, 0.1) is 37.5 Å². The Balaban J connectivity index is 1.43. The average Bonchev–Trinajstić information content (AvgIpc) is 2.84. The lowest BCUT2D eigenvalue weighted by Gasteiger charge is -2.34. The van der Waals surface area contributed by atoms with Crippen molar-refractivity contribution < 1.29 is 14.4 Å². The first kappa shape index (κ1) is 20.5. The van der Waals surface area contributed by atoms with Crippen molar-refractivity contribution in [2.75, 3.05) is 62.3 Å². The van der Waals surface area contributed by atoms with Gasteiger partial charge in [-0.1, -0.05) is 12.1 Å². The molecule has 166 valence electrons. The Hall–Kier alpha value is -3.43. The van der Waals surface area contributed by atoms with Gasteiger partial charge < -0.3 is 25.1 Å². The summed E-state index contributed by atoms with van der Waals surface area (Å²) in [6, 6.07) is 14.5. The lowest BCUT2D eigenvalue weighted by molar-refractivity contribution is -0.0987. The normalized spacial score (nSPS) is 17.5. The molecule has 2 aromatic heterocycles. The zero-order chi connectivity index (χ0) is 21.9. The Kier molecular flexibility index (Phi) is 5.74. The number of morpholine rings is 1. The minimum absolute atomic E-state index is 0.560. The number of amides is 1. The molecule has 4 heterocycles. The maximum atomic E-state index is 11.0. The van der Waals surface area contributed by atoms with Gasteiger partial charge in [-0.05, 0) is 30.3 Å². The van der Waals surface area contributed by atoms with E-state index in [9.17, 15) is 4.79 Å². The van der Waals surface area contributed by atoms with Crippen LogP contribution in [0.25, 0.3) is 22.2 Å². The van der Waals surface area contributed by atoms with Crippen molar-refractivity contribution >= 4 is 28.5 Å². The van der Waals surface area contributed by atoms with Crippen LogP contribution in [-0.4, -0.2) is 73.6 Å². The molecule has 0 aliphatic carbocycles. The van der Waals surface area contributed by atoms with Crippen molar-refractivity contribution in [3.8, 4) is 11.3 Å². The fraction of sp³-hybridized carbons (Fsp3) is 0.348. The van der Waals surface area contributed by atoms with Gasteiger partial charge in [-0.3, -0.25) is 4.98 Å². The molecule has 2 aliphatic heterocycles. The lowest BCUT2D eigenvalue weighted by atomic mass is 10.1. The molecular weight excluding hydrogens is 408 g/mol. The number of nitrogens with zero attached hydrogens (tertiary/aromatic N) is 5. The fourth-order valence-corrected chi connectivity index (χ4v) is 4.23. The van der Waals surface area contributed by atoms with Crippen LogP contribution in [0, 0.1) is 0 Å². The second-order valence-corrected chi connectivity index (χ2v) is 7.87. The van der Waals surface area contributed by atoms with Crippen molar-refractivity contribution in [2.45, 2.75) is 0 Å². The van der Waals surface area contributed by atoms with Gasteiger partial charge in [-0.15, -0.1) is 5.06 Å². The van der Waals surface area contributed by atoms with E-state index in [1.54, 1.807) is 11.3 Å². The van der Waals surface area contributed by atoms with E-state index in [2.05, 4.69) is 39.0 Å². The molecule has 32 heavy (non-hydrogen) atoms. The zero-order valence-corrected chi connectivity index (χ0v) is 17.8. The van der Waals surface area contributed by atoms with Crippen LogP contribution in [0.2, 0.25) is 0 Å². The quantitative estimate of drug-likeness (QED) is 0.668. The van der Waals surface area contributed by atoms with Gasteiger partial charge in [0.1, 0.15) is 5.82 Å². The van der Waals surface area contributed by atoms with Gasteiger partial charge in [-0.25, -0.2) is 9.78 Å². The third-order valence-electron chi connectivity index (χ3n) is 5.88. The number of fused-ring (bicyclic) bond motifs is 1. The minimum Gasteiger partial charge on any atom is -0.378 e. The highest BCUT2D eigenvalue weighted by atomic mass is 16.7. The van der Waals surface area contributed by atoms with E-state index in [0.717, 1.165) is 54.3 Å². The van der Waals surface area contributed by atoms with Crippen molar-refractivity contribution in [2.24, 2.45) is 5.73 Å². The largest absolute Gasteiger partial charge is 0.423 e. The molecule has 0 saturated carbocycles. The molecule has 5 rings (SSSR count). The highest BCUT2D eigenvalue weighted by Crippen LogP contribution is 2.30. The number of hydroxylamine groups is 2. The molecule has 0 unspecified atom stereocenters. The number of nitrogens with two attached hydrogens (primary N) is 1. The fourth-order valence-electron chi connectivity index (χ4n) is 4.23. The van der Waals surface area contributed by atoms with Gasteiger partial charge in [-0.2, -0.15) is 0 Å². The van der Waals surface area contributed by atoms with Gasteiger partial charge in [0.2, 0.25) is 0 Å². The first-order valence-electron chi connectivity index (χ1n) is 10.8. The number of anilines is 2. The third kappa shape index (κ3) is 4.30. The van der Waals surface area contributed by atoms with Crippen LogP contribution < -0.4 is 15.5 Å². The summed E-state index contributed by atoms with van der Waals surface area (Å²) in [6.07, 6.45) is 1.02. The van der Waals surface area contributed by atoms with Crippen LogP contribution in [0.3, 0.4) is 0 Å². The second kappa shape index (κ2) is 8.97. The number of pyridine rings is 2. The van der Waals surface area contributed by atoms with E-state index in [1.807, 2.05) is 18.2 Å². The summed E-state index contributed by atoms with van der Waals surface area (Å²) in [4.78, 5) is 30.2. The van der Waals surface area contributed by atoms with E-state index < -0.39 is 6.09 Å². The first-order valence-corrected chi connectivity index (χ1v) is 10.8. The van der Waals surface area contributed by atoms with Crippen molar-refractivity contribution in [1.82, 2.24) is 15.0 Å². The molecule has 0 radical (unpaired) electrons. The zero-order valence-electron chi connectivity index (χ0n) is 17.8. The van der Waals surface area contributed by atoms with Gasteiger partial charge in [0, 0.05) is 49.0 Å².